The van der Waals surface area contributed by atoms with Crippen LogP contribution in [0.4, 0.5) is 11.6 Å². The summed E-state index contributed by atoms with van der Waals surface area (Å²) in [6.07, 6.45) is 1.35. The quantitative estimate of drug-likeness (QED) is 0.736. The average molecular weight is 279 g/mol. The van der Waals surface area contributed by atoms with E-state index in [2.05, 4.69) is 20.6 Å². The van der Waals surface area contributed by atoms with Gasteiger partial charge in [0.2, 0.25) is 5.91 Å². The first-order valence-electron chi connectivity index (χ1n) is 6.98. The smallest absolute Gasteiger partial charge is 0.221 e. The van der Waals surface area contributed by atoms with E-state index < -0.39 is 0 Å². The Morgan fingerprint density at radius 1 is 1.30 bits per heavy atom. The van der Waals surface area contributed by atoms with Crippen LogP contribution in [-0.2, 0) is 10.2 Å². The van der Waals surface area contributed by atoms with Crippen LogP contribution in [-0.4, -0.2) is 29.0 Å². The van der Waals surface area contributed by atoms with Gasteiger partial charge in [0.25, 0.3) is 0 Å². The standard InChI is InChI=1S/C14H25N5O/c1-5-7-17-12(20)6-8-16-11-9-10(15)18-13(19-11)14(2,3)4/h9H,5-8H2,1-4H3,(H,17,20)(H3,15,16,18,19). The molecule has 0 saturated heterocycles. The minimum atomic E-state index is -0.162. The van der Waals surface area contributed by atoms with Crippen LogP contribution in [0.15, 0.2) is 6.07 Å². The third-order valence-corrected chi connectivity index (χ3v) is 2.65. The fraction of sp³-hybridized carbons (Fsp3) is 0.643. The van der Waals surface area contributed by atoms with E-state index in [1.165, 1.54) is 0 Å². The molecule has 6 nitrogen and oxygen atoms in total. The Bertz CT molecular complexity index is 453. The van der Waals surface area contributed by atoms with Crippen molar-refractivity contribution in [1.82, 2.24) is 15.3 Å². The highest BCUT2D eigenvalue weighted by Crippen LogP contribution is 2.21. The molecule has 1 heterocycles. The number of hydrogen-bond donors (Lipinski definition) is 3. The van der Waals surface area contributed by atoms with Gasteiger partial charge in [-0.05, 0) is 6.42 Å². The highest BCUT2D eigenvalue weighted by Gasteiger charge is 2.18. The van der Waals surface area contributed by atoms with Gasteiger partial charge in [-0.15, -0.1) is 0 Å². The lowest BCUT2D eigenvalue weighted by molar-refractivity contribution is -0.120. The van der Waals surface area contributed by atoms with Crippen LogP contribution in [0.1, 0.15) is 46.4 Å². The van der Waals surface area contributed by atoms with Gasteiger partial charge in [0.05, 0.1) is 0 Å². The van der Waals surface area contributed by atoms with Crippen LogP contribution in [0.5, 0.6) is 0 Å². The maximum Gasteiger partial charge on any atom is 0.221 e. The van der Waals surface area contributed by atoms with Gasteiger partial charge >= 0.3 is 0 Å². The molecular weight excluding hydrogens is 254 g/mol. The first kappa shape index (κ1) is 16.2. The zero-order valence-corrected chi connectivity index (χ0v) is 12.8. The molecular formula is C14H25N5O. The van der Waals surface area contributed by atoms with Crippen molar-refractivity contribution in [1.29, 1.82) is 0 Å². The maximum absolute atomic E-state index is 11.5. The van der Waals surface area contributed by atoms with Gasteiger partial charge in [0.1, 0.15) is 17.5 Å². The number of hydrogen-bond acceptors (Lipinski definition) is 5. The molecule has 0 spiro atoms. The molecule has 0 aliphatic carbocycles. The van der Waals surface area contributed by atoms with E-state index in [1.807, 2.05) is 27.7 Å². The molecule has 1 aromatic rings. The van der Waals surface area contributed by atoms with E-state index in [-0.39, 0.29) is 11.3 Å². The number of aromatic nitrogens is 2. The third-order valence-electron chi connectivity index (χ3n) is 2.65. The van der Waals surface area contributed by atoms with Crippen molar-refractivity contribution < 1.29 is 4.79 Å². The molecule has 1 rings (SSSR count). The molecule has 0 atom stereocenters. The molecule has 6 heteroatoms. The zero-order valence-electron chi connectivity index (χ0n) is 12.8. The second kappa shape index (κ2) is 7.07. The molecule has 0 bridgehead atoms. The van der Waals surface area contributed by atoms with Crippen molar-refractivity contribution in [3.05, 3.63) is 11.9 Å². The molecule has 0 aromatic carbocycles. The van der Waals surface area contributed by atoms with E-state index >= 15 is 0 Å². The number of amides is 1. The predicted molar refractivity (Wildman–Crippen MR) is 81.6 cm³/mol. The van der Waals surface area contributed by atoms with Crippen LogP contribution in [0.3, 0.4) is 0 Å². The van der Waals surface area contributed by atoms with E-state index in [9.17, 15) is 4.79 Å². The first-order chi connectivity index (χ1) is 9.32. The molecule has 4 N–H and O–H groups in total. The van der Waals surface area contributed by atoms with Crippen molar-refractivity contribution in [2.45, 2.75) is 46.0 Å². The Kier molecular flexibility index (Phi) is 5.73. The first-order valence-corrected chi connectivity index (χ1v) is 6.98. The van der Waals surface area contributed by atoms with Crippen LogP contribution >= 0.6 is 0 Å². The number of nitrogens with zero attached hydrogens (tertiary/aromatic N) is 2. The Labute approximate surface area is 120 Å². The minimum absolute atomic E-state index is 0.0393. The van der Waals surface area contributed by atoms with Gasteiger partial charge in [-0.3, -0.25) is 4.79 Å². The van der Waals surface area contributed by atoms with Crippen molar-refractivity contribution in [3.8, 4) is 0 Å². The Morgan fingerprint density at radius 2 is 2.00 bits per heavy atom. The highest BCUT2D eigenvalue weighted by atomic mass is 16.1. The second-order valence-electron chi connectivity index (χ2n) is 5.78. The summed E-state index contributed by atoms with van der Waals surface area (Å²) in [5, 5.41) is 5.94. The zero-order chi connectivity index (χ0) is 15.2. The number of nitrogen functional groups attached to an aromatic ring is 1. The van der Waals surface area contributed by atoms with Gasteiger partial charge in [-0.1, -0.05) is 27.7 Å². The van der Waals surface area contributed by atoms with Crippen molar-refractivity contribution >= 4 is 17.5 Å². The predicted octanol–water partition coefficient (Wildman–Crippen LogP) is 1.68. The number of anilines is 2. The van der Waals surface area contributed by atoms with Crippen LogP contribution in [0.25, 0.3) is 0 Å². The second-order valence-corrected chi connectivity index (χ2v) is 5.78. The summed E-state index contributed by atoms with van der Waals surface area (Å²) in [5.74, 6) is 1.82. The summed E-state index contributed by atoms with van der Waals surface area (Å²) < 4.78 is 0. The van der Waals surface area contributed by atoms with Crippen molar-refractivity contribution in [3.63, 3.8) is 0 Å². The number of carbonyl (C=O) groups is 1. The van der Waals surface area contributed by atoms with Crippen LogP contribution in [0, 0.1) is 0 Å². The summed E-state index contributed by atoms with van der Waals surface area (Å²) >= 11 is 0. The Balaban J connectivity index is 2.56. The lowest BCUT2D eigenvalue weighted by Gasteiger charge is -2.18. The highest BCUT2D eigenvalue weighted by molar-refractivity contribution is 5.76. The molecule has 112 valence electrons. The lowest BCUT2D eigenvalue weighted by Crippen LogP contribution is -2.26. The van der Waals surface area contributed by atoms with Gasteiger partial charge in [-0.25, -0.2) is 9.97 Å². The van der Waals surface area contributed by atoms with E-state index in [4.69, 9.17) is 5.73 Å². The van der Waals surface area contributed by atoms with Gasteiger partial charge < -0.3 is 16.4 Å². The molecule has 0 aliphatic heterocycles. The average Bonchev–Trinajstić information content (AvgIpc) is 2.34. The monoisotopic (exact) mass is 279 g/mol. The lowest BCUT2D eigenvalue weighted by atomic mass is 9.96. The van der Waals surface area contributed by atoms with E-state index in [0.717, 1.165) is 6.42 Å². The maximum atomic E-state index is 11.5. The normalized spacial score (nSPS) is 11.2. The fourth-order valence-electron chi connectivity index (χ4n) is 1.55. The van der Waals surface area contributed by atoms with Gasteiger partial charge in [0, 0.05) is 31.0 Å². The summed E-state index contributed by atoms with van der Waals surface area (Å²) in [6, 6.07) is 1.68. The van der Waals surface area contributed by atoms with E-state index in [1.54, 1.807) is 6.07 Å². The SMILES string of the molecule is CCCNC(=O)CCNc1cc(N)nc(C(C)(C)C)n1. The summed E-state index contributed by atoms with van der Waals surface area (Å²) in [4.78, 5) is 20.1. The van der Waals surface area contributed by atoms with Gasteiger partial charge in [0.15, 0.2) is 0 Å². The fourth-order valence-corrected chi connectivity index (χ4v) is 1.55. The summed E-state index contributed by atoms with van der Waals surface area (Å²) in [5.41, 5.74) is 5.62. The van der Waals surface area contributed by atoms with Crippen molar-refractivity contribution in [2.75, 3.05) is 24.1 Å². The van der Waals surface area contributed by atoms with Crippen LogP contribution in [0.2, 0.25) is 0 Å². The third kappa shape index (κ3) is 5.42. The topological polar surface area (TPSA) is 92.9 Å². The molecule has 0 aliphatic rings. The number of nitrogens with one attached hydrogen (secondary N) is 2. The Hall–Kier alpha value is -1.85. The molecule has 0 radical (unpaired) electrons. The van der Waals surface area contributed by atoms with E-state index in [0.29, 0.717) is 37.0 Å². The Morgan fingerprint density at radius 3 is 2.60 bits per heavy atom. The number of nitrogens with two attached hydrogens (primary N) is 1. The minimum Gasteiger partial charge on any atom is -0.384 e. The molecule has 20 heavy (non-hydrogen) atoms. The number of carbonyl (C=O) groups excluding carboxylic acids is 1. The van der Waals surface area contributed by atoms with Gasteiger partial charge in [-0.2, -0.15) is 0 Å². The molecule has 0 fully saturated rings. The van der Waals surface area contributed by atoms with Crippen molar-refractivity contribution in [2.24, 2.45) is 0 Å². The molecule has 0 saturated carbocycles. The molecule has 1 amide bonds. The number of rotatable bonds is 6. The molecule has 0 unspecified atom stereocenters. The molecule has 1 aromatic heterocycles. The summed E-state index contributed by atoms with van der Waals surface area (Å²) in [7, 11) is 0. The van der Waals surface area contributed by atoms with Crippen LogP contribution < -0.4 is 16.4 Å². The summed E-state index contributed by atoms with van der Waals surface area (Å²) in [6.45, 7) is 9.36. The largest absolute Gasteiger partial charge is 0.384 e.